The second kappa shape index (κ2) is 6.92. The Kier molecular flexibility index (Phi) is 5.23. The number of nitrogens with one attached hydrogen (secondary N) is 1. The van der Waals surface area contributed by atoms with E-state index in [2.05, 4.69) is 36.2 Å². The SMILES string of the molecule is CC(C)=CCN1CCC(NCc2ccc(C)o2)CC1. The summed E-state index contributed by atoms with van der Waals surface area (Å²) >= 11 is 0. The Morgan fingerprint density at radius 3 is 2.68 bits per heavy atom. The quantitative estimate of drug-likeness (QED) is 0.827. The fourth-order valence-electron chi connectivity index (χ4n) is 2.46. The molecule has 0 aromatic carbocycles. The van der Waals surface area contributed by atoms with E-state index in [1.807, 2.05) is 13.0 Å². The molecule has 1 aliphatic rings. The van der Waals surface area contributed by atoms with E-state index in [0.717, 1.165) is 24.6 Å². The van der Waals surface area contributed by atoms with Crippen molar-refractivity contribution in [1.29, 1.82) is 0 Å². The molecule has 3 heteroatoms. The van der Waals surface area contributed by atoms with E-state index in [-0.39, 0.29) is 0 Å². The standard InChI is InChI=1S/C16H26N2O/c1-13(2)6-9-18-10-7-15(8-11-18)17-12-16-5-4-14(3)19-16/h4-6,15,17H,7-12H2,1-3H3. The van der Waals surface area contributed by atoms with Gasteiger partial charge in [-0.05, 0) is 58.8 Å². The highest BCUT2D eigenvalue weighted by atomic mass is 16.3. The summed E-state index contributed by atoms with van der Waals surface area (Å²) in [6.07, 6.45) is 4.78. The summed E-state index contributed by atoms with van der Waals surface area (Å²) in [6.45, 7) is 10.7. The van der Waals surface area contributed by atoms with Gasteiger partial charge in [-0.25, -0.2) is 0 Å². The summed E-state index contributed by atoms with van der Waals surface area (Å²) in [7, 11) is 0. The molecule has 0 unspecified atom stereocenters. The van der Waals surface area contributed by atoms with Gasteiger partial charge < -0.3 is 9.73 Å². The number of allylic oxidation sites excluding steroid dienone is 1. The third-order valence-electron chi connectivity index (χ3n) is 3.71. The fourth-order valence-corrected chi connectivity index (χ4v) is 2.46. The van der Waals surface area contributed by atoms with Crippen LogP contribution in [0.2, 0.25) is 0 Å². The summed E-state index contributed by atoms with van der Waals surface area (Å²) in [5, 5.41) is 3.60. The van der Waals surface area contributed by atoms with E-state index < -0.39 is 0 Å². The van der Waals surface area contributed by atoms with Crippen molar-refractivity contribution in [3.8, 4) is 0 Å². The first-order valence-electron chi connectivity index (χ1n) is 7.28. The van der Waals surface area contributed by atoms with E-state index >= 15 is 0 Å². The van der Waals surface area contributed by atoms with Crippen LogP contribution in [0.25, 0.3) is 0 Å². The Morgan fingerprint density at radius 2 is 2.11 bits per heavy atom. The van der Waals surface area contributed by atoms with Gasteiger partial charge in [0.05, 0.1) is 6.54 Å². The molecule has 3 nitrogen and oxygen atoms in total. The number of hydrogen-bond donors (Lipinski definition) is 1. The number of piperidine rings is 1. The molecule has 0 atom stereocenters. The number of likely N-dealkylation sites (tertiary alicyclic amines) is 1. The molecule has 0 spiro atoms. The van der Waals surface area contributed by atoms with Crippen LogP contribution in [0, 0.1) is 6.92 Å². The number of furan rings is 1. The molecule has 106 valence electrons. The lowest BCUT2D eigenvalue weighted by Crippen LogP contribution is -2.42. The molecule has 1 aromatic rings. The molecule has 2 rings (SSSR count). The maximum atomic E-state index is 5.58. The summed E-state index contributed by atoms with van der Waals surface area (Å²) in [5.74, 6) is 2.04. The zero-order chi connectivity index (χ0) is 13.7. The maximum absolute atomic E-state index is 5.58. The van der Waals surface area contributed by atoms with Crippen molar-refractivity contribution in [3.05, 3.63) is 35.3 Å². The molecule has 1 aromatic heterocycles. The van der Waals surface area contributed by atoms with Crippen molar-refractivity contribution < 1.29 is 4.42 Å². The van der Waals surface area contributed by atoms with Crippen molar-refractivity contribution in [2.24, 2.45) is 0 Å². The molecule has 19 heavy (non-hydrogen) atoms. The van der Waals surface area contributed by atoms with Crippen molar-refractivity contribution in [2.45, 2.75) is 46.2 Å². The lowest BCUT2D eigenvalue weighted by molar-refractivity contribution is 0.212. The van der Waals surface area contributed by atoms with Gasteiger partial charge in [0.15, 0.2) is 0 Å². The van der Waals surface area contributed by atoms with Crippen molar-refractivity contribution >= 4 is 0 Å². The zero-order valence-corrected chi connectivity index (χ0v) is 12.4. The van der Waals surface area contributed by atoms with Crippen molar-refractivity contribution in [3.63, 3.8) is 0 Å². The first-order valence-corrected chi connectivity index (χ1v) is 7.28. The minimum absolute atomic E-state index is 0.633. The molecule has 0 amide bonds. The van der Waals surface area contributed by atoms with Crippen molar-refractivity contribution in [2.75, 3.05) is 19.6 Å². The van der Waals surface area contributed by atoms with Gasteiger partial charge in [0.2, 0.25) is 0 Å². The van der Waals surface area contributed by atoms with Crippen LogP contribution < -0.4 is 5.32 Å². The Morgan fingerprint density at radius 1 is 1.37 bits per heavy atom. The smallest absolute Gasteiger partial charge is 0.117 e. The number of hydrogen-bond acceptors (Lipinski definition) is 3. The van der Waals surface area contributed by atoms with Gasteiger partial charge in [-0.15, -0.1) is 0 Å². The highest BCUT2D eigenvalue weighted by Gasteiger charge is 2.18. The molecule has 0 aliphatic carbocycles. The topological polar surface area (TPSA) is 28.4 Å². The van der Waals surface area contributed by atoms with Crippen LogP contribution >= 0.6 is 0 Å². The first kappa shape index (κ1) is 14.4. The Balaban J connectivity index is 1.67. The number of nitrogens with zero attached hydrogens (tertiary/aromatic N) is 1. The summed E-state index contributed by atoms with van der Waals surface area (Å²) < 4.78 is 5.58. The monoisotopic (exact) mass is 262 g/mol. The van der Waals surface area contributed by atoms with Crippen LogP contribution in [0.5, 0.6) is 0 Å². The Labute approximate surface area is 116 Å². The van der Waals surface area contributed by atoms with E-state index in [1.165, 1.54) is 31.5 Å². The van der Waals surface area contributed by atoms with E-state index in [4.69, 9.17) is 4.42 Å². The molecule has 1 fully saturated rings. The first-order chi connectivity index (χ1) is 9.13. The van der Waals surface area contributed by atoms with E-state index in [0.29, 0.717) is 6.04 Å². The summed E-state index contributed by atoms with van der Waals surface area (Å²) in [6, 6.07) is 4.72. The molecular formula is C16H26N2O. The Hall–Kier alpha value is -1.06. The molecular weight excluding hydrogens is 236 g/mol. The number of aryl methyl sites for hydroxylation is 1. The normalized spacial score (nSPS) is 17.6. The Bertz CT molecular complexity index is 410. The summed E-state index contributed by atoms with van der Waals surface area (Å²) in [4.78, 5) is 2.53. The minimum atomic E-state index is 0.633. The van der Waals surface area contributed by atoms with E-state index in [9.17, 15) is 0 Å². The molecule has 1 aliphatic heterocycles. The van der Waals surface area contributed by atoms with Crippen LogP contribution in [0.4, 0.5) is 0 Å². The van der Waals surface area contributed by atoms with Gasteiger partial charge in [-0.2, -0.15) is 0 Å². The van der Waals surface area contributed by atoms with Crippen LogP contribution in [-0.4, -0.2) is 30.6 Å². The lowest BCUT2D eigenvalue weighted by Gasteiger charge is -2.31. The highest BCUT2D eigenvalue weighted by molar-refractivity contribution is 5.05. The fraction of sp³-hybridized carbons (Fsp3) is 0.625. The van der Waals surface area contributed by atoms with Gasteiger partial charge in [-0.3, -0.25) is 4.90 Å². The molecule has 1 saturated heterocycles. The third kappa shape index (κ3) is 4.84. The van der Waals surface area contributed by atoms with Gasteiger partial charge >= 0.3 is 0 Å². The largest absolute Gasteiger partial charge is 0.465 e. The average molecular weight is 262 g/mol. The van der Waals surface area contributed by atoms with Crippen LogP contribution in [-0.2, 0) is 6.54 Å². The van der Waals surface area contributed by atoms with E-state index in [1.54, 1.807) is 0 Å². The molecule has 0 saturated carbocycles. The lowest BCUT2D eigenvalue weighted by atomic mass is 10.0. The zero-order valence-electron chi connectivity index (χ0n) is 12.4. The third-order valence-corrected chi connectivity index (χ3v) is 3.71. The predicted octanol–water partition coefficient (Wildman–Crippen LogP) is 3.11. The van der Waals surface area contributed by atoms with Gasteiger partial charge in [-0.1, -0.05) is 11.6 Å². The predicted molar refractivity (Wildman–Crippen MR) is 79.2 cm³/mol. The molecule has 0 radical (unpaired) electrons. The van der Waals surface area contributed by atoms with Gasteiger partial charge in [0.25, 0.3) is 0 Å². The second-order valence-electron chi connectivity index (χ2n) is 5.75. The summed E-state index contributed by atoms with van der Waals surface area (Å²) in [5.41, 5.74) is 1.41. The second-order valence-corrected chi connectivity index (χ2v) is 5.75. The van der Waals surface area contributed by atoms with Gasteiger partial charge in [0.1, 0.15) is 11.5 Å². The minimum Gasteiger partial charge on any atom is -0.465 e. The highest BCUT2D eigenvalue weighted by Crippen LogP contribution is 2.12. The molecule has 2 heterocycles. The molecule has 1 N–H and O–H groups in total. The number of rotatable bonds is 5. The van der Waals surface area contributed by atoms with Crippen molar-refractivity contribution in [1.82, 2.24) is 10.2 Å². The van der Waals surface area contributed by atoms with Gasteiger partial charge in [0, 0.05) is 12.6 Å². The molecule has 0 bridgehead atoms. The maximum Gasteiger partial charge on any atom is 0.117 e. The van der Waals surface area contributed by atoms with Crippen LogP contribution in [0.1, 0.15) is 38.2 Å². The van der Waals surface area contributed by atoms with Crippen LogP contribution in [0.15, 0.2) is 28.2 Å². The van der Waals surface area contributed by atoms with Crippen LogP contribution in [0.3, 0.4) is 0 Å². The average Bonchev–Trinajstić information content (AvgIpc) is 2.81.